The minimum Gasteiger partial charge on any atom is -0.337 e. The Hall–Kier alpha value is -2.91. The number of carbonyl (C=O) groups is 2. The third-order valence-corrected chi connectivity index (χ3v) is 5.53. The summed E-state index contributed by atoms with van der Waals surface area (Å²) in [4.78, 5) is 37.2. The van der Waals surface area contributed by atoms with Crippen LogP contribution in [0.5, 0.6) is 0 Å². The highest BCUT2D eigenvalue weighted by Crippen LogP contribution is 2.42. The van der Waals surface area contributed by atoms with Crippen molar-refractivity contribution < 1.29 is 18.4 Å². The molecule has 0 aromatic carbocycles. The maximum atomic E-state index is 13.2. The van der Waals surface area contributed by atoms with Crippen LogP contribution in [0.25, 0.3) is 0 Å². The van der Waals surface area contributed by atoms with Gasteiger partial charge in [-0.3, -0.25) is 14.3 Å². The molecule has 0 N–H and O–H groups in total. The summed E-state index contributed by atoms with van der Waals surface area (Å²) in [5.74, 6) is -0.572. The van der Waals surface area contributed by atoms with Crippen LogP contribution in [0.3, 0.4) is 0 Å². The van der Waals surface area contributed by atoms with Crippen molar-refractivity contribution in [2.24, 2.45) is 12.5 Å². The number of likely N-dealkylation sites (tertiary alicyclic amines) is 1. The average molecular weight is 390 g/mol. The maximum Gasteiger partial charge on any atom is 0.282 e. The minimum absolute atomic E-state index is 0.0694. The van der Waals surface area contributed by atoms with Gasteiger partial charge in [-0.15, -0.1) is 0 Å². The molecular formula is C18H20F2N6O2. The number of hydrogen-bond acceptors (Lipinski definition) is 5. The minimum atomic E-state index is -2.83. The van der Waals surface area contributed by atoms with Crippen LogP contribution in [-0.4, -0.2) is 56.1 Å². The lowest BCUT2D eigenvalue weighted by molar-refractivity contribution is -0.127. The largest absolute Gasteiger partial charge is 0.337 e. The Morgan fingerprint density at radius 1 is 1.21 bits per heavy atom. The predicted octanol–water partition coefficient (Wildman–Crippen LogP) is 1.81. The van der Waals surface area contributed by atoms with E-state index < -0.39 is 23.4 Å². The van der Waals surface area contributed by atoms with Crippen molar-refractivity contribution in [1.82, 2.24) is 24.6 Å². The van der Waals surface area contributed by atoms with E-state index >= 15 is 0 Å². The van der Waals surface area contributed by atoms with Crippen LogP contribution in [0, 0.1) is 5.41 Å². The van der Waals surface area contributed by atoms with Crippen LogP contribution in [0.4, 0.5) is 14.5 Å². The molecule has 0 radical (unpaired) electrons. The van der Waals surface area contributed by atoms with Crippen molar-refractivity contribution in [3.63, 3.8) is 0 Å². The second kappa shape index (κ2) is 6.92. The first-order chi connectivity index (χ1) is 13.4. The summed E-state index contributed by atoms with van der Waals surface area (Å²) < 4.78 is 27.7. The van der Waals surface area contributed by atoms with Gasteiger partial charge in [0.1, 0.15) is 12.0 Å². The molecule has 0 saturated carbocycles. The summed E-state index contributed by atoms with van der Waals surface area (Å²) in [7, 11) is 1.50. The fourth-order valence-electron chi connectivity index (χ4n) is 4.18. The van der Waals surface area contributed by atoms with Crippen LogP contribution in [0.15, 0.2) is 24.9 Å². The van der Waals surface area contributed by atoms with Gasteiger partial charge < -0.3 is 9.80 Å². The van der Waals surface area contributed by atoms with Crippen LogP contribution in [0.1, 0.15) is 41.7 Å². The number of rotatable bonds is 3. The highest BCUT2D eigenvalue weighted by atomic mass is 19.3. The molecule has 2 saturated heterocycles. The fourth-order valence-corrected chi connectivity index (χ4v) is 4.18. The van der Waals surface area contributed by atoms with E-state index in [0.717, 1.165) is 0 Å². The highest BCUT2D eigenvalue weighted by molar-refractivity contribution is 6.01. The molecule has 10 heteroatoms. The number of amides is 2. The van der Waals surface area contributed by atoms with Crippen molar-refractivity contribution >= 4 is 17.5 Å². The van der Waals surface area contributed by atoms with E-state index in [1.165, 1.54) is 29.2 Å². The van der Waals surface area contributed by atoms with E-state index in [4.69, 9.17) is 0 Å². The second-order valence-corrected chi connectivity index (χ2v) is 7.32. The number of piperidine rings is 1. The molecule has 2 amide bonds. The van der Waals surface area contributed by atoms with Crippen molar-refractivity contribution in [2.45, 2.75) is 25.7 Å². The zero-order valence-corrected chi connectivity index (χ0v) is 15.4. The van der Waals surface area contributed by atoms with E-state index in [9.17, 15) is 18.4 Å². The monoisotopic (exact) mass is 390 g/mol. The lowest BCUT2D eigenvalue weighted by Crippen LogP contribution is -2.50. The Morgan fingerprint density at radius 3 is 2.68 bits per heavy atom. The summed E-state index contributed by atoms with van der Waals surface area (Å²) in [6, 6.07) is 0. The van der Waals surface area contributed by atoms with Gasteiger partial charge in [-0.05, 0) is 19.3 Å². The number of nitrogens with zero attached hydrogens (tertiary/aromatic N) is 6. The fraction of sp³-hybridized carbons (Fsp3) is 0.500. The molecule has 1 unspecified atom stereocenters. The number of carbonyl (C=O) groups excluding carboxylic acids is 2. The Morgan fingerprint density at radius 2 is 1.96 bits per heavy atom. The van der Waals surface area contributed by atoms with Gasteiger partial charge in [0.05, 0.1) is 29.1 Å². The normalized spacial score (nSPS) is 22.5. The molecule has 2 aliphatic rings. The molecule has 148 valence electrons. The molecule has 1 atom stereocenters. The van der Waals surface area contributed by atoms with Gasteiger partial charge >= 0.3 is 0 Å². The molecule has 2 aromatic heterocycles. The molecule has 2 fully saturated rings. The standard InChI is InChI=1S/C18H20F2N6O2/c1-24-9-13(14(23-24)15(19)20)16(27)25-5-2-3-18(10-25)4-6-26(17(18)28)12-7-21-11-22-8-12/h7-9,11,15H,2-6,10H2,1H3. The summed E-state index contributed by atoms with van der Waals surface area (Å²) in [6.45, 7) is 1.16. The number of halogens is 2. The Balaban J connectivity index is 1.57. The molecule has 2 aromatic rings. The van der Waals surface area contributed by atoms with Gasteiger partial charge in [-0.25, -0.2) is 18.7 Å². The zero-order valence-electron chi connectivity index (χ0n) is 15.4. The second-order valence-electron chi connectivity index (χ2n) is 7.32. The van der Waals surface area contributed by atoms with Gasteiger partial charge in [-0.2, -0.15) is 5.10 Å². The van der Waals surface area contributed by atoms with E-state index in [1.54, 1.807) is 17.3 Å². The van der Waals surface area contributed by atoms with Gasteiger partial charge in [0.15, 0.2) is 0 Å². The zero-order chi connectivity index (χ0) is 19.9. The first kappa shape index (κ1) is 18.5. The first-order valence-corrected chi connectivity index (χ1v) is 9.09. The maximum absolute atomic E-state index is 13.2. The molecule has 28 heavy (non-hydrogen) atoms. The van der Waals surface area contributed by atoms with E-state index in [1.807, 2.05) is 0 Å². The molecule has 1 spiro atoms. The lowest BCUT2D eigenvalue weighted by atomic mass is 9.78. The number of alkyl halides is 2. The third kappa shape index (κ3) is 3.02. The Bertz CT molecular complexity index is 903. The summed E-state index contributed by atoms with van der Waals surface area (Å²) in [5.41, 5.74) is -0.696. The van der Waals surface area contributed by atoms with Crippen LogP contribution in [0.2, 0.25) is 0 Å². The quantitative estimate of drug-likeness (QED) is 0.798. The van der Waals surface area contributed by atoms with Crippen molar-refractivity contribution in [3.8, 4) is 0 Å². The predicted molar refractivity (Wildman–Crippen MR) is 94.7 cm³/mol. The van der Waals surface area contributed by atoms with E-state index in [-0.39, 0.29) is 18.0 Å². The van der Waals surface area contributed by atoms with E-state index in [0.29, 0.717) is 38.0 Å². The summed E-state index contributed by atoms with van der Waals surface area (Å²) >= 11 is 0. The third-order valence-electron chi connectivity index (χ3n) is 5.53. The number of aromatic nitrogens is 4. The molecule has 0 aliphatic carbocycles. The molecule has 4 rings (SSSR count). The van der Waals surface area contributed by atoms with Gasteiger partial charge in [0.25, 0.3) is 12.3 Å². The molecule has 0 bridgehead atoms. The van der Waals surface area contributed by atoms with Gasteiger partial charge in [0.2, 0.25) is 5.91 Å². The summed E-state index contributed by atoms with van der Waals surface area (Å²) in [5, 5.41) is 3.71. The van der Waals surface area contributed by atoms with Crippen molar-refractivity contribution in [1.29, 1.82) is 0 Å². The number of anilines is 1. The summed E-state index contributed by atoms with van der Waals surface area (Å²) in [6.07, 6.45) is 4.94. The average Bonchev–Trinajstić information content (AvgIpc) is 3.23. The lowest BCUT2D eigenvalue weighted by Gasteiger charge is -2.39. The van der Waals surface area contributed by atoms with Crippen molar-refractivity contribution in [3.05, 3.63) is 36.2 Å². The van der Waals surface area contributed by atoms with Crippen LogP contribution < -0.4 is 4.90 Å². The highest BCUT2D eigenvalue weighted by Gasteiger charge is 2.50. The SMILES string of the molecule is Cn1cc(C(=O)N2CCCC3(CCN(c4cncnc4)C3=O)C2)c(C(F)F)n1. The molecule has 8 nitrogen and oxygen atoms in total. The van der Waals surface area contributed by atoms with E-state index in [2.05, 4.69) is 15.1 Å². The first-order valence-electron chi connectivity index (χ1n) is 9.09. The molecular weight excluding hydrogens is 370 g/mol. The topological polar surface area (TPSA) is 84.2 Å². The van der Waals surface area contributed by atoms with Gasteiger partial charge in [0, 0.05) is 32.9 Å². The van der Waals surface area contributed by atoms with Crippen LogP contribution in [-0.2, 0) is 11.8 Å². The van der Waals surface area contributed by atoms with Crippen LogP contribution >= 0.6 is 0 Å². The molecule has 2 aliphatic heterocycles. The Kier molecular flexibility index (Phi) is 4.56. The Labute approximate surface area is 160 Å². The van der Waals surface area contributed by atoms with Gasteiger partial charge in [-0.1, -0.05) is 0 Å². The number of hydrogen-bond donors (Lipinski definition) is 0. The van der Waals surface area contributed by atoms with Crippen molar-refractivity contribution in [2.75, 3.05) is 24.5 Å². The number of aryl methyl sites for hydroxylation is 1. The smallest absolute Gasteiger partial charge is 0.282 e. The molecule has 4 heterocycles.